The number of hydrogen-bond donors (Lipinski definition) is 1. The molecule has 0 bridgehead atoms. The van der Waals surface area contributed by atoms with Crippen molar-refractivity contribution >= 4 is 70.1 Å². The van der Waals surface area contributed by atoms with Gasteiger partial charge in [-0.15, -0.1) is 5.10 Å². The topological polar surface area (TPSA) is 46.9 Å². The molecule has 3 aromatic rings. The fraction of sp³-hybridized carbons (Fsp3) is 0.118. The van der Waals surface area contributed by atoms with E-state index >= 15 is 0 Å². The van der Waals surface area contributed by atoms with Gasteiger partial charge in [0, 0.05) is 15.7 Å². The van der Waals surface area contributed by atoms with Crippen molar-refractivity contribution < 1.29 is 4.79 Å². The van der Waals surface area contributed by atoms with E-state index in [1.54, 1.807) is 22.9 Å². The molecule has 0 spiro atoms. The monoisotopic (exact) mass is 441 g/mol. The zero-order valence-electron chi connectivity index (χ0n) is 13.5. The second-order valence-corrected chi connectivity index (χ2v) is 9.01. The third kappa shape index (κ3) is 4.86. The minimum atomic E-state index is -0.130. The highest BCUT2D eigenvalue weighted by Crippen LogP contribution is 2.25. The SMILES string of the molecule is Cc1ccc(NC(=O)CSc2nn(-c3ccc(Cl)cc3)c(=S)s2)cc1Cl. The van der Waals surface area contributed by atoms with E-state index in [0.29, 0.717) is 19.7 Å². The summed E-state index contributed by atoms with van der Waals surface area (Å²) in [5.41, 5.74) is 2.47. The van der Waals surface area contributed by atoms with E-state index in [4.69, 9.17) is 35.4 Å². The fourth-order valence-corrected chi connectivity index (χ4v) is 4.53. The van der Waals surface area contributed by atoms with Gasteiger partial charge in [0.05, 0.1) is 11.4 Å². The number of nitrogens with zero attached hydrogens (tertiary/aromatic N) is 2. The quantitative estimate of drug-likeness (QED) is 0.388. The Bertz CT molecular complexity index is 999. The van der Waals surface area contributed by atoms with E-state index in [1.807, 2.05) is 31.2 Å². The first-order valence-electron chi connectivity index (χ1n) is 7.47. The molecule has 0 radical (unpaired) electrons. The fourth-order valence-electron chi connectivity index (χ4n) is 2.06. The summed E-state index contributed by atoms with van der Waals surface area (Å²) in [6, 6.07) is 12.7. The van der Waals surface area contributed by atoms with Crippen molar-refractivity contribution in [1.29, 1.82) is 0 Å². The van der Waals surface area contributed by atoms with Gasteiger partial charge >= 0.3 is 0 Å². The number of aryl methyl sites for hydroxylation is 1. The highest BCUT2D eigenvalue weighted by atomic mass is 35.5. The molecule has 1 aromatic heterocycles. The van der Waals surface area contributed by atoms with Crippen LogP contribution in [0.4, 0.5) is 5.69 Å². The van der Waals surface area contributed by atoms with Gasteiger partial charge in [0.1, 0.15) is 0 Å². The van der Waals surface area contributed by atoms with Crippen molar-refractivity contribution in [1.82, 2.24) is 9.78 Å². The number of rotatable bonds is 5. The van der Waals surface area contributed by atoms with Crippen LogP contribution in [0.15, 0.2) is 46.8 Å². The average Bonchev–Trinajstić information content (AvgIpc) is 2.98. The molecule has 3 rings (SSSR count). The Kier molecular flexibility index (Phi) is 6.37. The maximum atomic E-state index is 12.1. The molecule has 0 saturated heterocycles. The van der Waals surface area contributed by atoms with Gasteiger partial charge in [0.25, 0.3) is 0 Å². The van der Waals surface area contributed by atoms with Crippen LogP contribution in [0, 0.1) is 10.9 Å². The van der Waals surface area contributed by atoms with Gasteiger partial charge in [0.2, 0.25) is 5.91 Å². The minimum Gasteiger partial charge on any atom is -0.325 e. The van der Waals surface area contributed by atoms with E-state index in [9.17, 15) is 4.79 Å². The van der Waals surface area contributed by atoms with E-state index in [-0.39, 0.29) is 11.7 Å². The maximum absolute atomic E-state index is 12.1. The molecule has 26 heavy (non-hydrogen) atoms. The van der Waals surface area contributed by atoms with Crippen molar-refractivity contribution in [3.8, 4) is 5.69 Å². The number of amides is 1. The van der Waals surface area contributed by atoms with Crippen molar-refractivity contribution in [3.63, 3.8) is 0 Å². The van der Waals surface area contributed by atoms with Crippen LogP contribution in [0.1, 0.15) is 5.56 Å². The van der Waals surface area contributed by atoms with Crippen molar-refractivity contribution in [3.05, 3.63) is 62.0 Å². The van der Waals surface area contributed by atoms with Gasteiger partial charge in [-0.1, -0.05) is 52.4 Å². The maximum Gasteiger partial charge on any atom is 0.234 e. The minimum absolute atomic E-state index is 0.130. The summed E-state index contributed by atoms with van der Waals surface area (Å²) in [7, 11) is 0. The van der Waals surface area contributed by atoms with E-state index in [0.717, 1.165) is 15.6 Å². The number of anilines is 1. The number of thioether (sulfide) groups is 1. The van der Waals surface area contributed by atoms with Crippen LogP contribution in [-0.4, -0.2) is 21.4 Å². The smallest absolute Gasteiger partial charge is 0.234 e. The Labute approximate surface area is 174 Å². The first kappa shape index (κ1) is 19.4. The molecule has 0 unspecified atom stereocenters. The van der Waals surface area contributed by atoms with E-state index in [1.165, 1.54) is 23.1 Å². The summed E-state index contributed by atoms with van der Waals surface area (Å²) < 4.78 is 3.00. The number of benzene rings is 2. The predicted octanol–water partition coefficient (Wildman–Crippen LogP) is 6.01. The van der Waals surface area contributed by atoms with Crippen LogP contribution in [0.2, 0.25) is 10.0 Å². The summed E-state index contributed by atoms with van der Waals surface area (Å²) in [6.07, 6.45) is 0. The highest BCUT2D eigenvalue weighted by Gasteiger charge is 2.10. The zero-order valence-corrected chi connectivity index (χ0v) is 17.5. The number of carbonyl (C=O) groups excluding carboxylic acids is 1. The Morgan fingerprint density at radius 3 is 2.69 bits per heavy atom. The molecule has 1 amide bonds. The molecule has 1 N–H and O–H groups in total. The van der Waals surface area contributed by atoms with Crippen LogP contribution in [0.3, 0.4) is 0 Å². The first-order valence-corrected chi connectivity index (χ1v) is 10.4. The standard InChI is InChI=1S/C17H13Cl2N3OS3/c1-10-2-5-12(8-14(10)19)20-15(23)9-25-16-21-22(17(24)26-16)13-6-3-11(18)4-7-13/h2-8H,9H2,1H3,(H,20,23). The number of hydrogen-bond acceptors (Lipinski definition) is 5. The van der Waals surface area contributed by atoms with Crippen LogP contribution in [0.25, 0.3) is 5.69 Å². The Morgan fingerprint density at radius 2 is 2.00 bits per heavy atom. The molecule has 0 aliphatic carbocycles. The van der Waals surface area contributed by atoms with Crippen molar-refractivity contribution in [2.75, 3.05) is 11.1 Å². The van der Waals surface area contributed by atoms with E-state index < -0.39 is 0 Å². The molecule has 0 fully saturated rings. The zero-order chi connectivity index (χ0) is 18.7. The van der Waals surface area contributed by atoms with Crippen LogP contribution >= 0.6 is 58.5 Å². The van der Waals surface area contributed by atoms with E-state index in [2.05, 4.69) is 10.4 Å². The lowest BCUT2D eigenvalue weighted by molar-refractivity contribution is -0.113. The van der Waals surface area contributed by atoms with Gasteiger partial charge < -0.3 is 5.32 Å². The Morgan fingerprint density at radius 1 is 1.27 bits per heavy atom. The number of nitrogens with one attached hydrogen (secondary N) is 1. The van der Waals surface area contributed by atoms with Crippen molar-refractivity contribution in [2.24, 2.45) is 0 Å². The molecule has 134 valence electrons. The summed E-state index contributed by atoms with van der Waals surface area (Å²) in [6.45, 7) is 1.91. The largest absolute Gasteiger partial charge is 0.325 e. The number of carbonyl (C=O) groups is 1. The van der Waals surface area contributed by atoms with Crippen LogP contribution in [-0.2, 0) is 4.79 Å². The molecule has 0 aliphatic heterocycles. The lowest BCUT2D eigenvalue weighted by Crippen LogP contribution is -2.14. The normalized spacial score (nSPS) is 10.7. The summed E-state index contributed by atoms with van der Waals surface area (Å²) in [4.78, 5) is 12.1. The van der Waals surface area contributed by atoms with Crippen molar-refractivity contribution in [2.45, 2.75) is 11.3 Å². The first-order chi connectivity index (χ1) is 12.4. The average molecular weight is 442 g/mol. The lowest BCUT2D eigenvalue weighted by Gasteiger charge is -2.06. The molecule has 4 nitrogen and oxygen atoms in total. The number of halogens is 2. The molecule has 9 heteroatoms. The van der Waals surface area contributed by atoms with Gasteiger partial charge in [-0.05, 0) is 61.1 Å². The van der Waals surface area contributed by atoms with Crippen LogP contribution in [0.5, 0.6) is 0 Å². The molecule has 0 saturated carbocycles. The van der Waals surface area contributed by atoms with Gasteiger partial charge in [-0.2, -0.15) is 0 Å². The van der Waals surface area contributed by atoms with Gasteiger partial charge in [0.15, 0.2) is 8.29 Å². The molecule has 1 heterocycles. The molecular weight excluding hydrogens is 429 g/mol. The van der Waals surface area contributed by atoms with Gasteiger partial charge in [-0.25, -0.2) is 4.68 Å². The molecule has 0 aliphatic rings. The summed E-state index contributed by atoms with van der Waals surface area (Å²) >= 11 is 20.0. The Balaban J connectivity index is 1.63. The number of aromatic nitrogens is 2. The highest BCUT2D eigenvalue weighted by molar-refractivity contribution is 8.01. The lowest BCUT2D eigenvalue weighted by atomic mass is 10.2. The molecule has 2 aromatic carbocycles. The van der Waals surface area contributed by atoms with Gasteiger partial charge in [-0.3, -0.25) is 4.79 Å². The molecule has 0 atom stereocenters. The Hall–Kier alpha value is -1.38. The van der Waals surface area contributed by atoms with Crippen LogP contribution < -0.4 is 5.32 Å². The summed E-state index contributed by atoms with van der Waals surface area (Å²) in [5, 5.41) is 8.56. The second-order valence-electron chi connectivity index (χ2n) is 5.32. The summed E-state index contributed by atoms with van der Waals surface area (Å²) in [5.74, 6) is 0.100. The third-order valence-corrected chi connectivity index (χ3v) is 6.41. The predicted molar refractivity (Wildman–Crippen MR) is 113 cm³/mol. The molecular formula is C17H13Cl2N3OS3. The second kappa shape index (κ2) is 8.54. The third-order valence-electron chi connectivity index (χ3n) is 3.38.